The number of halogens is 1. The number of nitrogens with zero attached hydrogens (tertiary/aromatic N) is 2. The van der Waals surface area contributed by atoms with E-state index in [0.717, 1.165) is 23.4 Å². The van der Waals surface area contributed by atoms with Gasteiger partial charge >= 0.3 is 6.09 Å². The number of ether oxygens (including phenoxy) is 1. The van der Waals surface area contributed by atoms with Crippen molar-refractivity contribution in [3.8, 4) is 0 Å². The molecular formula is C15H20ClN3O2. The molecule has 0 bridgehead atoms. The number of hydrogen-bond acceptors (Lipinski definition) is 3. The van der Waals surface area contributed by atoms with Crippen molar-refractivity contribution in [2.24, 2.45) is 0 Å². The first-order valence-electron chi connectivity index (χ1n) is 6.91. The molecule has 1 amide bonds. The van der Waals surface area contributed by atoms with Gasteiger partial charge in [0.25, 0.3) is 0 Å². The fourth-order valence-corrected chi connectivity index (χ4v) is 2.27. The van der Waals surface area contributed by atoms with E-state index in [1.807, 2.05) is 50.5 Å². The van der Waals surface area contributed by atoms with E-state index < -0.39 is 11.7 Å². The van der Waals surface area contributed by atoms with Crippen LogP contribution in [0.25, 0.3) is 11.0 Å². The third-order valence-corrected chi connectivity index (χ3v) is 3.13. The Balaban J connectivity index is 2.17. The lowest BCUT2D eigenvalue weighted by molar-refractivity contribution is 0.0521. The van der Waals surface area contributed by atoms with Crippen LogP contribution in [-0.4, -0.2) is 21.2 Å². The number of benzene rings is 1. The first kappa shape index (κ1) is 15.6. The summed E-state index contributed by atoms with van der Waals surface area (Å²) in [5, 5.41) is 3.40. The number of rotatable bonds is 3. The highest BCUT2D eigenvalue weighted by atomic mass is 35.5. The Kier molecular flexibility index (Phi) is 4.42. The van der Waals surface area contributed by atoms with Gasteiger partial charge in [0.15, 0.2) is 0 Å². The Hall–Kier alpha value is -1.75. The van der Waals surface area contributed by atoms with Crippen molar-refractivity contribution < 1.29 is 9.53 Å². The van der Waals surface area contributed by atoms with E-state index in [2.05, 4.69) is 10.3 Å². The van der Waals surface area contributed by atoms with Crippen LogP contribution in [0.4, 0.5) is 4.79 Å². The second kappa shape index (κ2) is 5.93. The highest BCUT2D eigenvalue weighted by molar-refractivity contribution is 6.31. The Morgan fingerprint density at radius 2 is 2.14 bits per heavy atom. The lowest BCUT2D eigenvalue weighted by atomic mass is 10.2. The van der Waals surface area contributed by atoms with Crippen LogP contribution in [0.3, 0.4) is 0 Å². The number of alkyl carbamates (subject to hydrolysis) is 1. The molecule has 2 rings (SSSR count). The number of aryl methyl sites for hydroxylation is 1. The van der Waals surface area contributed by atoms with Crippen LogP contribution < -0.4 is 5.32 Å². The highest BCUT2D eigenvalue weighted by Crippen LogP contribution is 2.20. The molecule has 1 N–H and O–H groups in total. The second-order valence-corrected chi connectivity index (χ2v) is 6.20. The molecule has 0 unspecified atom stereocenters. The summed E-state index contributed by atoms with van der Waals surface area (Å²) in [7, 11) is 0. The zero-order chi connectivity index (χ0) is 15.6. The van der Waals surface area contributed by atoms with Crippen LogP contribution >= 0.6 is 11.6 Å². The van der Waals surface area contributed by atoms with Crippen LogP contribution in [0.1, 0.15) is 33.5 Å². The number of hydrogen-bond donors (Lipinski definition) is 1. The predicted octanol–water partition coefficient (Wildman–Crippen LogP) is 3.73. The topological polar surface area (TPSA) is 56.2 Å². The summed E-state index contributed by atoms with van der Waals surface area (Å²) in [6.45, 7) is 8.58. The molecule has 5 nitrogen and oxygen atoms in total. The monoisotopic (exact) mass is 309 g/mol. The van der Waals surface area contributed by atoms with E-state index in [1.54, 1.807) is 0 Å². The van der Waals surface area contributed by atoms with E-state index >= 15 is 0 Å². The van der Waals surface area contributed by atoms with E-state index in [4.69, 9.17) is 16.3 Å². The van der Waals surface area contributed by atoms with Gasteiger partial charge in [-0.15, -0.1) is 0 Å². The molecule has 0 fully saturated rings. The number of carbonyl (C=O) groups is 1. The number of fused-ring (bicyclic) bond motifs is 1. The van der Waals surface area contributed by atoms with Gasteiger partial charge in [-0.1, -0.05) is 11.6 Å². The summed E-state index contributed by atoms with van der Waals surface area (Å²) in [6, 6.07) is 5.56. The van der Waals surface area contributed by atoms with Gasteiger partial charge in [-0.25, -0.2) is 9.78 Å². The minimum Gasteiger partial charge on any atom is -0.444 e. The highest BCUT2D eigenvalue weighted by Gasteiger charge is 2.17. The van der Waals surface area contributed by atoms with E-state index in [0.29, 0.717) is 11.6 Å². The number of aromatic nitrogens is 2. The van der Waals surface area contributed by atoms with Crippen molar-refractivity contribution in [3.05, 3.63) is 29.0 Å². The molecule has 0 aliphatic carbocycles. The summed E-state index contributed by atoms with van der Waals surface area (Å²) in [6.07, 6.45) is -0.449. The quantitative estimate of drug-likeness (QED) is 0.939. The molecule has 1 aromatic heterocycles. The third kappa shape index (κ3) is 3.88. The molecule has 1 heterocycles. The summed E-state index contributed by atoms with van der Waals surface area (Å²) in [4.78, 5) is 16.2. The van der Waals surface area contributed by atoms with Crippen molar-refractivity contribution in [1.29, 1.82) is 0 Å². The standard InChI is InChI=1S/C15H20ClN3O2/c1-5-19-12-8-10(16)6-7-11(12)18-13(19)9-17-14(20)21-15(2,3)4/h6-8H,5,9H2,1-4H3,(H,17,20). The lowest BCUT2D eigenvalue weighted by Gasteiger charge is -2.19. The molecule has 0 aliphatic rings. The largest absolute Gasteiger partial charge is 0.444 e. The SMILES string of the molecule is CCn1c(CNC(=O)OC(C)(C)C)nc2ccc(Cl)cc21. The molecule has 0 spiro atoms. The minimum absolute atomic E-state index is 0.315. The molecule has 114 valence electrons. The predicted molar refractivity (Wildman–Crippen MR) is 83.5 cm³/mol. The van der Waals surface area contributed by atoms with Crippen LogP contribution in [0.5, 0.6) is 0 Å². The fourth-order valence-electron chi connectivity index (χ4n) is 2.10. The van der Waals surface area contributed by atoms with E-state index in [-0.39, 0.29) is 0 Å². The Labute approximate surface area is 129 Å². The van der Waals surface area contributed by atoms with Gasteiger partial charge in [-0.2, -0.15) is 0 Å². The van der Waals surface area contributed by atoms with Crippen molar-refractivity contribution in [2.75, 3.05) is 0 Å². The smallest absolute Gasteiger partial charge is 0.408 e. The molecule has 6 heteroatoms. The van der Waals surface area contributed by atoms with Crippen molar-refractivity contribution in [3.63, 3.8) is 0 Å². The maximum atomic E-state index is 11.7. The number of amides is 1. The van der Waals surface area contributed by atoms with E-state index in [9.17, 15) is 4.79 Å². The first-order chi connectivity index (χ1) is 9.80. The Morgan fingerprint density at radius 3 is 2.76 bits per heavy atom. The van der Waals surface area contributed by atoms with Crippen LogP contribution in [-0.2, 0) is 17.8 Å². The van der Waals surface area contributed by atoms with Crippen molar-refractivity contribution in [2.45, 2.75) is 46.4 Å². The summed E-state index contributed by atoms with van der Waals surface area (Å²) in [5.41, 5.74) is 1.32. The van der Waals surface area contributed by atoms with Crippen LogP contribution in [0.2, 0.25) is 5.02 Å². The zero-order valence-electron chi connectivity index (χ0n) is 12.7. The van der Waals surface area contributed by atoms with Gasteiger partial charge in [0.05, 0.1) is 17.6 Å². The Morgan fingerprint density at radius 1 is 1.43 bits per heavy atom. The molecule has 0 aliphatic heterocycles. The number of carbonyl (C=O) groups excluding carboxylic acids is 1. The van der Waals surface area contributed by atoms with Gasteiger partial charge in [0.1, 0.15) is 11.4 Å². The van der Waals surface area contributed by atoms with Gasteiger partial charge in [-0.05, 0) is 45.9 Å². The minimum atomic E-state index is -0.511. The average Bonchev–Trinajstić information content (AvgIpc) is 2.71. The average molecular weight is 310 g/mol. The summed E-state index contributed by atoms with van der Waals surface area (Å²) < 4.78 is 7.24. The molecule has 1 aromatic carbocycles. The maximum Gasteiger partial charge on any atom is 0.408 e. The lowest BCUT2D eigenvalue weighted by Crippen LogP contribution is -2.32. The zero-order valence-corrected chi connectivity index (χ0v) is 13.5. The number of imidazole rings is 1. The second-order valence-electron chi connectivity index (χ2n) is 5.76. The molecule has 0 atom stereocenters. The summed E-state index contributed by atoms with van der Waals surface area (Å²) in [5.74, 6) is 0.778. The maximum absolute atomic E-state index is 11.7. The third-order valence-electron chi connectivity index (χ3n) is 2.90. The molecule has 0 radical (unpaired) electrons. The first-order valence-corrected chi connectivity index (χ1v) is 7.29. The van der Waals surface area contributed by atoms with Gasteiger partial charge in [0.2, 0.25) is 0 Å². The molecule has 0 saturated heterocycles. The van der Waals surface area contributed by atoms with Crippen molar-refractivity contribution >= 4 is 28.7 Å². The van der Waals surface area contributed by atoms with Gasteiger partial charge in [-0.3, -0.25) is 0 Å². The van der Waals surface area contributed by atoms with Crippen LogP contribution in [0.15, 0.2) is 18.2 Å². The molecule has 21 heavy (non-hydrogen) atoms. The van der Waals surface area contributed by atoms with Crippen molar-refractivity contribution in [1.82, 2.24) is 14.9 Å². The molecular weight excluding hydrogens is 290 g/mol. The van der Waals surface area contributed by atoms with Gasteiger partial charge < -0.3 is 14.6 Å². The molecule has 0 saturated carbocycles. The fraction of sp³-hybridized carbons (Fsp3) is 0.467. The molecule has 2 aromatic rings. The van der Waals surface area contributed by atoms with Crippen LogP contribution in [0, 0.1) is 0 Å². The van der Waals surface area contributed by atoms with E-state index in [1.165, 1.54) is 0 Å². The number of nitrogens with one attached hydrogen (secondary N) is 1. The Bertz CT molecular complexity index is 659. The normalized spacial score (nSPS) is 11.7. The summed E-state index contributed by atoms with van der Waals surface area (Å²) >= 11 is 6.03. The van der Waals surface area contributed by atoms with Gasteiger partial charge in [0, 0.05) is 11.6 Å².